The molecule has 0 aliphatic heterocycles. The molecule has 22 heavy (non-hydrogen) atoms. The van der Waals surface area contributed by atoms with Gasteiger partial charge in [0.15, 0.2) is 0 Å². The number of alkyl halides is 3. The van der Waals surface area contributed by atoms with Gasteiger partial charge in [-0.2, -0.15) is 13.2 Å². The second kappa shape index (κ2) is 6.73. The molecule has 0 spiro atoms. The maximum atomic E-state index is 13.4. The van der Waals surface area contributed by atoms with E-state index in [0.29, 0.717) is 5.69 Å². The Morgan fingerprint density at radius 3 is 2.27 bits per heavy atom. The molecule has 0 N–H and O–H groups in total. The predicted molar refractivity (Wildman–Crippen MR) is 78.8 cm³/mol. The summed E-state index contributed by atoms with van der Waals surface area (Å²) >= 11 is 0. The van der Waals surface area contributed by atoms with Crippen molar-refractivity contribution in [3.8, 4) is 11.3 Å². The van der Waals surface area contributed by atoms with Gasteiger partial charge in [0.05, 0.1) is 11.8 Å². The van der Waals surface area contributed by atoms with E-state index in [2.05, 4.69) is 11.9 Å². The van der Waals surface area contributed by atoms with Crippen LogP contribution in [0.25, 0.3) is 17.1 Å². The number of rotatable bonds is 4. The Balaban J connectivity index is 2.20. The van der Waals surface area contributed by atoms with Gasteiger partial charge in [-0.05, 0) is 18.1 Å². The van der Waals surface area contributed by atoms with Gasteiger partial charge in [0.2, 0.25) is 0 Å². The van der Waals surface area contributed by atoms with Crippen LogP contribution in [0.4, 0.5) is 17.6 Å². The molecule has 0 fully saturated rings. The zero-order valence-corrected chi connectivity index (χ0v) is 12.0. The average Bonchev–Trinajstić information content (AvgIpc) is 2.47. The number of benzene rings is 1. The highest BCUT2D eigenvalue weighted by Gasteiger charge is 2.25. The third kappa shape index (κ3) is 4.41. The summed E-state index contributed by atoms with van der Waals surface area (Å²) in [5, 5.41) is 0. The lowest BCUT2D eigenvalue weighted by Crippen LogP contribution is -2.01. The van der Waals surface area contributed by atoms with Crippen molar-refractivity contribution < 1.29 is 17.6 Å². The van der Waals surface area contributed by atoms with Gasteiger partial charge in [-0.3, -0.25) is 4.98 Å². The summed E-state index contributed by atoms with van der Waals surface area (Å²) in [6, 6.07) is 9.55. The van der Waals surface area contributed by atoms with Crippen LogP contribution in [0.1, 0.15) is 24.5 Å². The van der Waals surface area contributed by atoms with Crippen molar-refractivity contribution in [2.45, 2.75) is 25.9 Å². The quantitative estimate of drug-likeness (QED) is 0.672. The first-order valence-corrected chi connectivity index (χ1v) is 6.90. The first-order valence-electron chi connectivity index (χ1n) is 6.90. The smallest absolute Gasteiger partial charge is 0.256 e. The van der Waals surface area contributed by atoms with E-state index in [4.69, 9.17) is 0 Å². The van der Waals surface area contributed by atoms with Gasteiger partial charge in [0, 0.05) is 17.3 Å². The number of aryl methyl sites for hydroxylation is 1. The normalized spacial score (nSPS) is 12.5. The predicted octanol–water partition coefficient (Wildman–Crippen LogP) is 5.57. The molecule has 0 aliphatic rings. The van der Waals surface area contributed by atoms with Gasteiger partial charge in [-0.25, -0.2) is 4.39 Å². The Labute approximate surface area is 126 Å². The van der Waals surface area contributed by atoms with E-state index < -0.39 is 12.0 Å². The third-order valence-electron chi connectivity index (χ3n) is 3.11. The maximum absolute atomic E-state index is 13.4. The standard InChI is InChI=1S/C17H15F4N/c1-2-3-12-4-9-16(22-11-12)14-7-5-13(6-8-14)15(18)10-17(19,20)21/h4-11H,2-3H2,1H3. The summed E-state index contributed by atoms with van der Waals surface area (Å²) in [6.07, 6.45) is -1.27. The van der Waals surface area contributed by atoms with Crippen LogP contribution in [0.3, 0.4) is 0 Å². The third-order valence-corrected chi connectivity index (χ3v) is 3.11. The molecular formula is C17H15F4N. The molecule has 2 aromatic rings. The number of hydrogen-bond acceptors (Lipinski definition) is 1. The van der Waals surface area contributed by atoms with Gasteiger partial charge in [-0.15, -0.1) is 0 Å². The van der Waals surface area contributed by atoms with Crippen LogP contribution in [0.5, 0.6) is 0 Å². The van der Waals surface area contributed by atoms with Crippen LogP contribution in [-0.2, 0) is 6.42 Å². The number of halogens is 4. The zero-order chi connectivity index (χ0) is 16.2. The number of nitrogens with zero attached hydrogens (tertiary/aromatic N) is 1. The van der Waals surface area contributed by atoms with Gasteiger partial charge < -0.3 is 0 Å². The molecule has 0 unspecified atom stereocenters. The molecule has 116 valence electrons. The molecule has 0 saturated heterocycles. The Hall–Kier alpha value is -2.17. The van der Waals surface area contributed by atoms with Crippen LogP contribution < -0.4 is 0 Å². The van der Waals surface area contributed by atoms with Crippen molar-refractivity contribution in [1.29, 1.82) is 0 Å². The lowest BCUT2D eigenvalue weighted by molar-refractivity contribution is -0.0798. The number of pyridine rings is 1. The van der Waals surface area contributed by atoms with Gasteiger partial charge in [-0.1, -0.05) is 43.7 Å². The van der Waals surface area contributed by atoms with Crippen molar-refractivity contribution in [1.82, 2.24) is 4.98 Å². The minimum atomic E-state index is -4.67. The minimum absolute atomic E-state index is 0.108. The van der Waals surface area contributed by atoms with Crippen molar-refractivity contribution in [3.63, 3.8) is 0 Å². The van der Waals surface area contributed by atoms with Crippen LogP contribution in [-0.4, -0.2) is 11.2 Å². The van der Waals surface area contributed by atoms with Gasteiger partial charge in [0.25, 0.3) is 0 Å². The molecular weight excluding hydrogens is 294 g/mol. The van der Waals surface area contributed by atoms with Crippen LogP contribution in [0, 0.1) is 0 Å². The van der Waals surface area contributed by atoms with E-state index in [1.54, 1.807) is 18.3 Å². The Morgan fingerprint density at radius 1 is 1.09 bits per heavy atom. The van der Waals surface area contributed by atoms with Crippen molar-refractivity contribution >= 4 is 5.83 Å². The molecule has 0 atom stereocenters. The second-order valence-corrected chi connectivity index (χ2v) is 4.91. The van der Waals surface area contributed by atoms with E-state index in [-0.39, 0.29) is 11.6 Å². The average molecular weight is 309 g/mol. The zero-order valence-electron chi connectivity index (χ0n) is 12.0. The maximum Gasteiger partial charge on any atom is 0.412 e. The van der Waals surface area contributed by atoms with E-state index in [9.17, 15) is 17.6 Å². The molecule has 1 aromatic carbocycles. The minimum Gasteiger partial charge on any atom is -0.256 e. The monoisotopic (exact) mass is 309 g/mol. The fourth-order valence-electron chi connectivity index (χ4n) is 2.06. The van der Waals surface area contributed by atoms with Crippen LogP contribution >= 0.6 is 0 Å². The second-order valence-electron chi connectivity index (χ2n) is 4.91. The molecule has 2 rings (SSSR count). The summed E-state index contributed by atoms with van der Waals surface area (Å²) in [7, 11) is 0. The lowest BCUT2D eigenvalue weighted by atomic mass is 10.1. The summed E-state index contributed by atoms with van der Waals surface area (Å²) < 4.78 is 49.8. The highest BCUT2D eigenvalue weighted by molar-refractivity contribution is 5.65. The first-order chi connectivity index (χ1) is 10.4. The fraction of sp³-hybridized carbons (Fsp3) is 0.235. The number of allylic oxidation sites excluding steroid dienone is 1. The van der Waals surface area contributed by atoms with Gasteiger partial charge >= 0.3 is 6.18 Å². The van der Waals surface area contributed by atoms with Crippen LogP contribution in [0.2, 0.25) is 0 Å². The Kier molecular flexibility index (Phi) is 4.96. The molecule has 5 heteroatoms. The molecule has 0 bridgehead atoms. The molecule has 0 saturated carbocycles. The largest absolute Gasteiger partial charge is 0.412 e. The first kappa shape index (κ1) is 16.2. The van der Waals surface area contributed by atoms with Crippen LogP contribution in [0.15, 0.2) is 48.7 Å². The Bertz CT molecular complexity index is 640. The van der Waals surface area contributed by atoms with E-state index in [1.807, 2.05) is 12.1 Å². The number of hydrogen-bond donors (Lipinski definition) is 0. The topological polar surface area (TPSA) is 12.9 Å². The summed E-state index contributed by atoms with van der Waals surface area (Å²) in [5.41, 5.74) is 2.45. The summed E-state index contributed by atoms with van der Waals surface area (Å²) in [4.78, 5) is 4.31. The summed E-state index contributed by atoms with van der Waals surface area (Å²) in [5.74, 6) is -1.30. The SMILES string of the molecule is CCCc1ccc(-c2ccc(C(F)=CC(F)(F)F)cc2)nc1. The molecule has 1 heterocycles. The van der Waals surface area contributed by atoms with E-state index in [0.717, 1.165) is 24.0 Å². The lowest BCUT2D eigenvalue weighted by Gasteiger charge is -2.05. The van der Waals surface area contributed by atoms with E-state index in [1.165, 1.54) is 12.1 Å². The van der Waals surface area contributed by atoms with Crippen molar-refractivity contribution in [2.24, 2.45) is 0 Å². The van der Waals surface area contributed by atoms with Gasteiger partial charge in [0.1, 0.15) is 5.83 Å². The van der Waals surface area contributed by atoms with E-state index >= 15 is 0 Å². The molecule has 1 nitrogen and oxygen atoms in total. The Morgan fingerprint density at radius 2 is 1.77 bits per heavy atom. The van der Waals surface area contributed by atoms with Crippen molar-refractivity contribution in [3.05, 3.63) is 59.8 Å². The highest BCUT2D eigenvalue weighted by Crippen LogP contribution is 2.26. The molecule has 0 radical (unpaired) electrons. The molecule has 0 amide bonds. The number of aromatic nitrogens is 1. The highest BCUT2D eigenvalue weighted by atomic mass is 19.4. The van der Waals surface area contributed by atoms with Crippen molar-refractivity contribution in [2.75, 3.05) is 0 Å². The molecule has 1 aromatic heterocycles. The summed E-state index contributed by atoms with van der Waals surface area (Å²) in [6.45, 7) is 2.08. The fourth-order valence-corrected chi connectivity index (χ4v) is 2.06. The molecule has 0 aliphatic carbocycles.